The van der Waals surface area contributed by atoms with Crippen LogP contribution in [0.4, 0.5) is 4.79 Å². The first-order valence-electron chi connectivity index (χ1n) is 12.8. The molecule has 5 nitrogen and oxygen atoms in total. The normalized spacial score (nSPS) is 18.7. The maximum absolute atomic E-state index is 13.1. The largest absolute Gasteiger partial charge is 0.326 e. The van der Waals surface area contributed by atoms with E-state index >= 15 is 0 Å². The van der Waals surface area contributed by atoms with Gasteiger partial charge in [0, 0.05) is 0 Å². The molecular formula is C26H49N3O2. The monoisotopic (exact) mass is 435 g/mol. The summed E-state index contributed by atoms with van der Waals surface area (Å²) in [6, 6.07) is -0.245. The van der Waals surface area contributed by atoms with E-state index in [0.29, 0.717) is 13.1 Å². The molecule has 1 saturated heterocycles. The Hall–Kier alpha value is -1.36. The maximum atomic E-state index is 13.1. The van der Waals surface area contributed by atoms with Crippen molar-refractivity contribution >= 4 is 11.9 Å². The Morgan fingerprint density at radius 3 is 1.84 bits per heavy atom. The molecule has 0 aromatic carbocycles. The second-order valence-electron chi connectivity index (χ2n) is 9.78. The van der Waals surface area contributed by atoms with Gasteiger partial charge in [-0.25, -0.2) is 9.69 Å². The quantitative estimate of drug-likeness (QED) is 0.149. The van der Waals surface area contributed by atoms with Crippen LogP contribution in [0.2, 0.25) is 0 Å². The Morgan fingerprint density at radius 2 is 1.35 bits per heavy atom. The third kappa shape index (κ3) is 10.7. The van der Waals surface area contributed by atoms with Crippen LogP contribution in [0.3, 0.4) is 0 Å². The van der Waals surface area contributed by atoms with Gasteiger partial charge in [0.15, 0.2) is 0 Å². The van der Waals surface area contributed by atoms with E-state index < -0.39 is 5.54 Å². The molecule has 0 spiro atoms. The molecular weight excluding hydrogens is 386 g/mol. The summed E-state index contributed by atoms with van der Waals surface area (Å²) < 4.78 is 0. The third-order valence-electron chi connectivity index (χ3n) is 6.26. The molecule has 0 aromatic rings. The lowest BCUT2D eigenvalue weighted by Crippen LogP contribution is -2.45. The predicted molar refractivity (Wildman–Crippen MR) is 131 cm³/mol. The first kappa shape index (κ1) is 27.7. The fourth-order valence-electron chi connectivity index (χ4n) is 4.11. The van der Waals surface area contributed by atoms with Crippen molar-refractivity contribution in [3.05, 3.63) is 11.6 Å². The van der Waals surface area contributed by atoms with Gasteiger partial charge in [-0.15, -0.1) is 0 Å². The van der Waals surface area contributed by atoms with Crippen LogP contribution in [0.25, 0.3) is 0 Å². The molecule has 1 N–H and O–H groups in total. The molecule has 1 fully saturated rings. The highest BCUT2D eigenvalue weighted by atomic mass is 16.2. The van der Waals surface area contributed by atoms with Crippen molar-refractivity contribution in [2.75, 3.05) is 19.8 Å². The number of carbonyl (C=O) groups excluding carboxylic acids is 2. The van der Waals surface area contributed by atoms with Crippen LogP contribution in [0.1, 0.15) is 118 Å². The molecule has 3 amide bonds. The first-order valence-corrected chi connectivity index (χ1v) is 12.8. The summed E-state index contributed by atoms with van der Waals surface area (Å²) in [6.45, 7) is 12.7. The zero-order valence-electron chi connectivity index (χ0n) is 21.1. The number of hydrogen-bond acceptors (Lipinski definition) is 3. The zero-order chi connectivity index (χ0) is 23.1. The van der Waals surface area contributed by atoms with Gasteiger partial charge in [-0.2, -0.15) is 0 Å². The molecule has 0 radical (unpaired) electrons. The molecule has 1 aliphatic rings. The van der Waals surface area contributed by atoms with E-state index in [2.05, 4.69) is 24.1 Å². The molecule has 1 heterocycles. The number of rotatable bonds is 18. The minimum atomic E-state index is -0.819. The number of amides is 3. The van der Waals surface area contributed by atoms with Crippen LogP contribution < -0.4 is 5.32 Å². The van der Waals surface area contributed by atoms with Crippen LogP contribution >= 0.6 is 0 Å². The van der Waals surface area contributed by atoms with E-state index in [1.54, 1.807) is 0 Å². The average Bonchev–Trinajstić information content (AvgIpc) is 2.94. The van der Waals surface area contributed by atoms with Crippen molar-refractivity contribution in [2.45, 2.75) is 124 Å². The number of nitrogens with one attached hydrogen (secondary N) is 1. The third-order valence-corrected chi connectivity index (χ3v) is 6.26. The number of unbranched alkanes of at least 4 members (excludes halogenated alkanes) is 10. The highest BCUT2D eigenvalue weighted by molar-refractivity contribution is 6.06. The Kier molecular flexibility index (Phi) is 13.8. The highest BCUT2D eigenvalue weighted by Gasteiger charge is 2.47. The molecule has 0 saturated carbocycles. The summed E-state index contributed by atoms with van der Waals surface area (Å²) >= 11 is 0. The lowest BCUT2D eigenvalue weighted by molar-refractivity contribution is -0.132. The van der Waals surface area contributed by atoms with E-state index in [1.165, 1.54) is 69.1 Å². The van der Waals surface area contributed by atoms with E-state index in [0.717, 1.165) is 31.5 Å². The Labute approximate surface area is 192 Å². The van der Waals surface area contributed by atoms with E-state index in [1.807, 2.05) is 26.8 Å². The van der Waals surface area contributed by atoms with Gasteiger partial charge in [0.25, 0.3) is 5.91 Å². The van der Waals surface area contributed by atoms with Gasteiger partial charge in [0.1, 0.15) is 5.54 Å². The number of nitrogens with zero attached hydrogens (tertiary/aromatic N) is 2. The topological polar surface area (TPSA) is 52.6 Å². The SMILES string of the molecule is CCCCCCCCN(CCCCCCCC)CN1C(=O)NC(C)(CC=C(C)C)C1=O. The first-order chi connectivity index (χ1) is 14.8. The van der Waals surface area contributed by atoms with Crippen molar-refractivity contribution in [2.24, 2.45) is 0 Å². The molecule has 0 bridgehead atoms. The van der Waals surface area contributed by atoms with E-state index in [-0.39, 0.29) is 11.9 Å². The van der Waals surface area contributed by atoms with Gasteiger partial charge >= 0.3 is 6.03 Å². The van der Waals surface area contributed by atoms with Crippen molar-refractivity contribution in [3.63, 3.8) is 0 Å². The van der Waals surface area contributed by atoms with Crippen LogP contribution in [0.15, 0.2) is 11.6 Å². The molecule has 1 atom stereocenters. The van der Waals surface area contributed by atoms with E-state index in [4.69, 9.17) is 0 Å². The van der Waals surface area contributed by atoms with Crippen molar-refractivity contribution in [3.8, 4) is 0 Å². The van der Waals surface area contributed by atoms with Crippen LogP contribution in [0.5, 0.6) is 0 Å². The average molecular weight is 436 g/mol. The molecule has 1 rings (SSSR count). The smallest absolute Gasteiger partial charge is 0.323 e. The molecule has 1 aliphatic heterocycles. The minimum Gasteiger partial charge on any atom is -0.323 e. The van der Waals surface area contributed by atoms with Gasteiger partial charge in [0.05, 0.1) is 6.67 Å². The lowest BCUT2D eigenvalue weighted by atomic mass is 9.97. The Balaban J connectivity index is 2.61. The van der Waals surface area contributed by atoms with Gasteiger partial charge in [-0.05, 0) is 53.1 Å². The number of allylic oxidation sites excluding steroid dienone is 1. The fourth-order valence-corrected chi connectivity index (χ4v) is 4.11. The lowest BCUT2D eigenvalue weighted by Gasteiger charge is -2.27. The Bertz CT molecular complexity index is 541. The van der Waals surface area contributed by atoms with Crippen molar-refractivity contribution in [1.82, 2.24) is 15.1 Å². The summed E-state index contributed by atoms with van der Waals surface area (Å²) in [5.41, 5.74) is 0.342. The van der Waals surface area contributed by atoms with Gasteiger partial charge in [0.2, 0.25) is 0 Å². The molecule has 180 valence electrons. The summed E-state index contributed by atoms with van der Waals surface area (Å²) in [6.07, 6.45) is 17.6. The Morgan fingerprint density at radius 1 is 0.871 bits per heavy atom. The molecule has 1 unspecified atom stereocenters. The summed E-state index contributed by atoms with van der Waals surface area (Å²) in [7, 11) is 0. The van der Waals surface area contributed by atoms with E-state index in [9.17, 15) is 9.59 Å². The minimum absolute atomic E-state index is 0.0918. The van der Waals surface area contributed by atoms with Crippen LogP contribution in [-0.2, 0) is 4.79 Å². The summed E-state index contributed by atoms with van der Waals surface area (Å²) in [5.74, 6) is -0.0918. The van der Waals surface area contributed by atoms with Gasteiger partial charge in [-0.1, -0.05) is 89.7 Å². The highest BCUT2D eigenvalue weighted by Crippen LogP contribution is 2.23. The van der Waals surface area contributed by atoms with Crippen molar-refractivity contribution in [1.29, 1.82) is 0 Å². The predicted octanol–water partition coefficient (Wildman–Crippen LogP) is 6.63. The van der Waals surface area contributed by atoms with Crippen LogP contribution in [-0.4, -0.2) is 47.0 Å². The molecule has 5 heteroatoms. The summed E-state index contributed by atoms with van der Waals surface area (Å²) in [5, 5.41) is 2.94. The van der Waals surface area contributed by atoms with Gasteiger partial charge in [-0.3, -0.25) is 9.69 Å². The number of imide groups is 1. The number of carbonyl (C=O) groups is 2. The molecule has 0 aliphatic carbocycles. The second kappa shape index (κ2) is 15.4. The van der Waals surface area contributed by atoms with Crippen molar-refractivity contribution < 1.29 is 9.59 Å². The molecule has 31 heavy (non-hydrogen) atoms. The maximum Gasteiger partial charge on any atom is 0.326 e. The zero-order valence-corrected chi connectivity index (χ0v) is 21.1. The standard InChI is InChI=1S/C26H49N3O2/c1-6-8-10-12-14-16-20-28(21-17-15-13-11-9-7-2)22-29-24(30)26(5,27-25(29)31)19-18-23(3)4/h18H,6-17,19-22H2,1-5H3,(H,27,31). The number of hydrogen-bond donors (Lipinski definition) is 1. The van der Waals surface area contributed by atoms with Crippen LogP contribution in [0, 0.1) is 0 Å². The second-order valence-corrected chi connectivity index (χ2v) is 9.78. The number of urea groups is 1. The fraction of sp³-hybridized carbons (Fsp3) is 0.846. The summed E-state index contributed by atoms with van der Waals surface area (Å²) in [4.78, 5) is 29.5. The van der Waals surface area contributed by atoms with Gasteiger partial charge < -0.3 is 5.32 Å². The molecule has 0 aromatic heterocycles.